The predicted molar refractivity (Wildman–Crippen MR) is 106 cm³/mol. The highest BCUT2D eigenvalue weighted by Crippen LogP contribution is 2.28. The highest BCUT2D eigenvalue weighted by atomic mass is 35.5. The molecule has 2 fully saturated rings. The van der Waals surface area contributed by atoms with Crippen LogP contribution in [0.25, 0.3) is 0 Å². The van der Waals surface area contributed by atoms with Crippen molar-refractivity contribution in [2.75, 3.05) is 31.1 Å². The number of benzene rings is 2. The lowest BCUT2D eigenvalue weighted by Gasteiger charge is -2.37. The molecule has 0 bridgehead atoms. The molecule has 29 heavy (non-hydrogen) atoms. The molecule has 2 aromatic rings. The second-order valence-corrected chi connectivity index (χ2v) is 7.51. The highest BCUT2D eigenvalue weighted by Gasteiger charge is 2.43. The number of nitrogens with zero attached hydrogens (tertiary/aromatic N) is 3. The standard InChI is InChI=1S/C21H19ClFN3O3/c22-14-4-3-5-15(12-14)26-19(27)13-18(21(26)29)24-8-10-25(11-9-24)20(28)16-6-1-2-7-17(16)23/h1-7,12,18H,8-11,13H2. The molecule has 3 amide bonds. The molecule has 0 aliphatic carbocycles. The maximum Gasteiger partial charge on any atom is 0.256 e. The first-order valence-electron chi connectivity index (χ1n) is 9.36. The molecule has 1 unspecified atom stereocenters. The fourth-order valence-corrected chi connectivity index (χ4v) is 4.01. The maximum atomic E-state index is 13.9. The molecule has 150 valence electrons. The number of carbonyl (C=O) groups is 3. The van der Waals surface area contributed by atoms with Gasteiger partial charge in [0.2, 0.25) is 5.91 Å². The molecule has 2 aliphatic heterocycles. The number of piperazine rings is 1. The van der Waals surface area contributed by atoms with Crippen molar-refractivity contribution in [1.82, 2.24) is 9.80 Å². The van der Waals surface area contributed by atoms with Crippen LogP contribution < -0.4 is 4.90 Å². The zero-order valence-electron chi connectivity index (χ0n) is 15.6. The Morgan fingerprint density at radius 2 is 1.72 bits per heavy atom. The number of hydrogen-bond donors (Lipinski definition) is 0. The number of imide groups is 1. The van der Waals surface area contributed by atoms with Gasteiger partial charge in [0.25, 0.3) is 11.8 Å². The zero-order chi connectivity index (χ0) is 20.5. The maximum absolute atomic E-state index is 13.9. The van der Waals surface area contributed by atoms with Crippen LogP contribution in [0.1, 0.15) is 16.8 Å². The fraction of sp³-hybridized carbons (Fsp3) is 0.286. The molecular weight excluding hydrogens is 397 g/mol. The molecule has 8 heteroatoms. The van der Waals surface area contributed by atoms with E-state index in [9.17, 15) is 18.8 Å². The van der Waals surface area contributed by atoms with Gasteiger partial charge in [-0.2, -0.15) is 0 Å². The van der Waals surface area contributed by atoms with E-state index >= 15 is 0 Å². The molecular formula is C21H19ClFN3O3. The Morgan fingerprint density at radius 1 is 1.00 bits per heavy atom. The molecule has 6 nitrogen and oxygen atoms in total. The molecule has 0 radical (unpaired) electrons. The van der Waals surface area contributed by atoms with Gasteiger partial charge >= 0.3 is 0 Å². The summed E-state index contributed by atoms with van der Waals surface area (Å²) in [6.45, 7) is 1.60. The summed E-state index contributed by atoms with van der Waals surface area (Å²) in [4.78, 5) is 42.6. The van der Waals surface area contributed by atoms with Crippen LogP contribution in [0.3, 0.4) is 0 Å². The van der Waals surface area contributed by atoms with Crippen molar-refractivity contribution >= 4 is 35.0 Å². The lowest BCUT2D eigenvalue weighted by molar-refractivity contribution is -0.123. The van der Waals surface area contributed by atoms with Gasteiger partial charge in [-0.25, -0.2) is 9.29 Å². The van der Waals surface area contributed by atoms with Gasteiger partial charge in [-0.1, -0.05) is 29.8 Å². The number of amides is 3. The molecule has 0 aromatic heterocycles. The van der Waals surface area contributed by atoms with Gasteiger partial charge in [0.15, 0.2) is 0 Å². The molecule has 1 atom stereocenters. The number of carbonyl (C=O) groups excluding carboxylic acids is 3. The average Bonchev–Trinajstić information content (AvgIpc) is 3.02. The number of halogens is 2. The van der Waals surface area contributed by atoms with Crippen LogP contribution in [0, 0.1) is 5.82 Å². The first-order valence-corrected chi connectivity index (χ1v) is 9.74. The third-order valence-electron chi connectivity index (χ3n) is 5.34. The third kappa shape index (κ3) is 3.75. The normalized spacial score (nSPS) is 20.4. The molecule has 2 aliphatic rings. The summed E-state index contributed by atoms with van der Waals surface area (Å²) in [5, 5.41) is 0.451. The van der Waals surface area contributed by atoms with Crippen LogP contribution in [-0.4, -0.2) is 59.7 Å². The van der Waals surface area contributed by atoms with E-state index in [1.54, 1.807) is 41.3 Å². The summed E-state index contributed by atoms with van der Waals surface area (Å²) in [6, 6.07) is 12.0. The van der Waals surface area contributed by atoms with Gasteiger partial charge in [-0.05, 0) is 30.3 Å². The molecule has 0 spiro atoms. The second-order valence-electron chi connectivity index (χ2n) is 7.08. The summed E-state index contributed by atoms with van der Waals surface area (Å²) in [5.41, 5.74) is 0.503. The minimum atomic E-state index is -0.563. The number of hydrogen-bond acceptors (Lipinski definition) is 4. The van der Waals surface area contributed by atoms with Crippen LogP contribution in [0.15, 0.2) is 48.5 Å². The minimum absolute atomic E-state index is 0.0419. The van der Waals surface area contributed by atoms with E-state index in [-0.39, 0.29) is 29.7 Å². The average molecular weight is 416 g/mol. The molecule has 0 N–H and O–H groups in total. The van der Waals surface area contributed by atoms with Crippen molar-refractivity contribution in [2.24, 2.45) is 0 Å². The van der Waals surface area contributed by atoms with E-state index in [2.05, 4.69) is 0 Å². The van der Waals surface area contributed by atoms with Gasteiger partial charge in [0.05, 0.1) is 23.7 Å². The molecule has 2 heterocycles. The molecule has 4 rings (SSSR count). The van der Waals surface area contributed by atoms with E-state index in [0.717, 1.165) is 0 Å². The van der Waals surface area contributed by atoms with E-state index in [4.69, 9.17) is 11.6 Å². The highest BCUT2D eigenvalue weighted by molar-refractivity contribution is 6.31. The predicted octanol–water partition coefficient (Wildman–Crippen LogP) is 2.57. The Labute approximate surface area is 172 Å². The quantitative estimate of drug-likeness (QED) is 0.723. The van der Waals surface area contributed by atoms with Crippen LogP contribution in [0.4, 0.5) is 10.1 Å². The molecule has 0 saturated carbocycles. The summed E-state index contributed by atoms with van der Waals surface area (Å²) in [6.07, 6.45) is 0.0899. The van der Waals surface area contributed by atoms with E-state index in [0.29, 0.717) is 36.9 Å². The Balaban J connectivity index is 1.43. The third-order valence-corrected chi connectivity index (χ3v) is 5.57. The lowest BCUT2D eigenvalue weighted by Crippen LogP contribution is -2.54. The van der Waals surface area contributed by atoms with E-state index in [1.807, 2.05) is 4.90 Å². The van der Waals surface area contributed by atoms with Gasteiger partial charge in [-0.15, -0.1) is 0 Å². The number of anilines is 1. The van der Waals surface area contributed by atoms with E-state index in [1.165, 1.54) is 17.0 Å². The van der Waals surface area contributed by atoms with Gasteiger partial charge in [-0.3, -0.25) is 19.3 Å². The first-order chi connectivity index (χ1) is 14.0. The largest absolute Gasteiger partial charge is 0.336 e. The summed E-state index contributed by atoms with van der Waals surface area (Å²) >= 11 is 5.99. The van der Waals surface area contributed by atoms with Crippen LogP contribution >= 0.6 is 11.6 Å². The van der Waals surface area contributed by atoms with E-state index < -0.39 is 11.9 Å². The van der Waals surface area contributed by atoms with Crippen molar-refractivity contribution in [3.63, 3.8) is 0 Å². The summed E-state index contributed by atoms with van der Waals surface area (Å²) in [7, 11) is 0. The lowest BCUT2D eigenvalue weighted by atomic mass is 10.1. The van der Waals surface area contributed by atoms with Crippen molar-refractivity contribution < 1.29 is 18.8 Å². The molecule has 2 aromatic carbocycles. The van der Waals surface area contributed by atoms with Crippen molar-refractivity contribution in [2.45, 2.75) is 12.5 Å². The number of rotatable bonds is 3. The Bertz CT molecular complexity index is 975. The van der Waals surface area contributed by atoms with Crippen LogP contribution in [0.5, 0.6) is 0 Å². The van der Waals surface area contributed by atoms with Gasteiger partial charge < -0.3 is 4.90 Å². The second kappa shape index (κ2) is 7.93. The fourth-order valence-electron chi connectivity index (χ4n) is 3.83. The Morgan fingerprint density at radius 3 is 2.41 bits per heavy atom. The Kier molecular flexibility index (Phi) is 5.34. The van der Waals surface area contributed by atoms with Gasteiger partial charge in [0.1, 0.15) is 5.82 Å². The monoisotopic (exact) mass is 415 g/mol. The zero-order valence-corrected chi connectivity index (χ0v) is 16.3. The topological polar surface area (TPSA) is 60.9 Å². The summed E-state index contributed by atoms with van der Waals surface area (Å²) in [5.74, 6) is -1.47. The smallest absolute Gasteiger partial charge is 0.256 e. The summed E-state index contributed by atoms with van der Waals surface area (Å²) < 4.78 is 13.9. The van der Waals surface area contributed by atoms with Crippen LogP contribution in [-0.2, 0) is 9.59 Å². The van der Waals surface area contributed by atoms with Crippen molar-refractivity contribution in [3.05, 3.63) is 64.9 Å². The molecule has 2 saturated heterocycles. The first kappa shape index (κ1) is 19.5. The Hall–Kier alpha value is -2.77. The SMILES string of the molecule is O=C(c1ccccc1F)N1CCN(C2CC(=O)N(c3cccc(Cl)c3)C2=O)CC1. The van der Waals surface area contributed by atoms with Crippen LogP contribution in [0.2, 0.25) is 5.02 Å². The van der Waals surface area contributed by atoms with Gasteiger partial charge in [0, 0.05) is 31.2 Å². The van der Waals surface area contributed by atoms with Crippen molar-refractivity contribution in [3.8, 4) is 0 Å². The van der Waals surface area contributed by atoms with Crippen molar-refractivity contribution in [1.29, 1.82) is 0 Å². The minimum Gasteiger partial charge on any atom is -0.336 e.